The topological polar surface area (TPSA) is 77.0 Å². The maximum atomic E-state index is 12.0. The maximum absolute atomic E-state index is 12.0. The summed E-state index contributed by atoms with van der Waals surface area (Å²) in [5.74, 6) is -1.47. The van der Waals surface area contributed by atoms with Crippen molar-refractivity contribution in [2.75, 3.05) is 13.2 Å². The molecule has 1 heterocycles. The minimum atomic E-state index is -0.716. The van der Waals surface area contributed by atoms with E-state index in [0.29, 0.717) is 0 Å². The Kier molecular flexibility index (Phi) is 4.92. The molecule has 0 unspecified atom stereocenters. The van der Waals surface area contributed by atoms with Crippen LogP contribution in [0.3, 0.4) is 0 Å². The van der Waals surface area contributed by atoms with Gasteiger partial charge in [0.25, 0.3) is 0 Å². The van der Waals surface area contributed by atoms with Gasteiger partial charge in [0, 0.05) is 0 Å². The van der Waals surface area contributed by atoms with Crippen LogP contribution in [0, 0.1) is 0 Å². The van der Waals surface area contributed by atoms with Gasteiger partial charge in [0.2, 0.25) is 0 Å². The Morgan fingerprint density at radius 1 is 1.14 bits per heavy atom. The third-order valence-corrected chi connectivity index (χ3v) is 3.14. The fraction of sp³-hybridized carbons (Fsp3) is 0.400. The summed E-state index contributed by atoms with van der Waals surface area (Å²) in [5.41, 5.74) is 3.70. The number of esters is 2. The van der Waals surface area contributed by atoms with Gasteiger partial charge in [0.05, 0.1) is 19.1 Å². The average molecular weight is 290 g/mol. The van der Waals surface area contributed by atoms with Crippen molar-refractivity contribution in [3.63, 3.8) is 0 Å². The van der Waals surface area contributed by atoms with Crippen LogP contribution < -0.4 is 5.43 Å². The van der Waals surface area contributed by atoms with Crippen molar-refractivity contribution < 1.29 is 19.1 Å². The molecule has 0 spiro atoms. The lowest BCUT2D eigenvalue weighted by molar-refractivity contribution is -0.145. The Balaban J connectivity index is 2.30. The predicted octanol–water partition coefficient (Wildman–Crippen LogP) is 1.22. The molecule has 0 saturated carbocycles. The summed E-state index contributed by atoms with van der Waals surface area (Å²) in [6, 6.07) is 8.54. The van der Waals surface area contributed by atoms with Crippen molar-refractivity contribution in [1.29, 1.82) is 0 Å². The number of carbonyl (C=O) groups is 2. The van der Waals surface area contributed by atoms with Crippen LogP contribution in [-0.4, -0.2) is 36.9 Å². The lowest BCUT2D eigenvalue weighted by Crippen LogP contribution is -2.39. The number of carbonyl (C=O) groups excluding carboxylic acids is 2. The van der Waals surface area contributed by atoms with Gasteiger partial charge in [-0.3, -0.25) is 5.43 Å². The van der Waals surface area contributed by atoms with Crippen LogP contribution in [0.1, 0.15) is 25.3 Å². The molecule has 0 aliphatic carbocycles. The van der Waals surface area contributed by atoms with Gasteiger partial charge in [-0.25, -0.2) is 9.59 Å². The van der Waals surface area contributed by atoms with Gasteiger partial charge < -0.3 is 9.47 Å². The molecule has 2 rings (SSSR count). The Morgan fingerprint density at radius 2 is 1.81 bits per heavy atom. The lowest BCUT2D eigenvalue weighted by Gasteiger charge is -2.19. The molecule has 1 aliphatic heterocycles. The first-order valence-corrected chi connectivity index (χ1v) is 6.90. The van der Waals surface area contributed by atoms with E-state index in [1.807, 2.05) is 30.3 Å². The van der Waals surface area contributed by atoms with Crippen LogP contribution in [0.25, 0.3) is 0 Å². The minimum absolute atomic E-state index is 0.195. The molecule has 1 aliphatic rings. The number of benzene rings is 1. The van der Waals surface area contributed by atoms with E-state index in [9.17, 15) is 9.59 Å². The Hall–Kier alpha value is -2.37. The van der Waals surface area contributed by atoms with Crippen LogP contribution in [-0.2, 0) is 19.1 Å². The highest BCUT2D eigenvalue weighted by molar-refractivity contribution is 6.39. The zero-order valence-corrected chi connectivity index (χ0v) is 12.0. The van der Waals surface area contributed by atoms with E-state index in [0.717, 1.165) is 5.56 Å². The molecular weight excluding hydrogens is 272 g/mol. The number of hydrogen-bond donors (Lipinski definition) is 1. The molecule has 1 aromatic rings. The van der Waals surface area contributed by atoms with E-state index in [-0.39, 0.29) is 18.9 Å². The molecule has 0 amide bonds. The van der Waals surface area contributed by atoms with Gasteiger partial charge in [-0.1, -0.05) is 30.3 Å². The summed E-state index contributed by atoms with van der Waals surface area (Å²) in [6.07, 6.45) is 0. The fourth-order valence-corrected chi connectivity index (χ4v) is 2.25. The molecule has 1 aromatic carbocycles. The molecule has 112 valence electrons. The minimum Gasteiger partial charge on any atom is -0.464 e. The molecule has 2 atom stereocenters. The third kappa shape index (κ3) is 3.21. The van der Waals surface area contributed by atoms with Crippen LogP contribution in [0.2, 0.25) is 0 Å². The molecule has 0 radical (unpaired) electrons. The number of hydrogen-bond acceptors (Lipinski definition) is 6. The molecule has 0 saturated heterocycles. The second kappa shape index (κ2) is 6.88. The summed E-state index contributed by atoms with van der Waals surface area (Å²) in [5, 5.41) is 3.99. The van der Waals surface area contributed by atoms with E-state index in [1.54, 1.807) is 13.8 Å². The van der Waals surface area contributed by atoms with Gasteiger partial charge in [0.1, 0.15) is 0 Å². The first-order chi connectivity index (χ1) is 10.2. The largest absolute Gasteiger partial charge is 0.464 e. The van der Waals surface area contributed by atoms with Crippen LogP contribution >= 0.6 is 0 Å². The standard InChI is InChI=1S/C15H18N2O4/c1-3-20-14(18)12-11(10-8-6-5-7-9-10)13(17-16-12)15(19)21-4-2/h5-9,11-12,16H,3-4H2,1-2H3/t11-,12+/m0/s1. The van der Waals surface area contributed by atoms with Crippen molar-refractivity contribution in [2.24, 2.45) is 5.10 Å². The summed E-state index contributed by atoms with van der Waals surface area (Å²) in [4.78, 5) is 24.1. The van der Waals surface area contributed by atoms with Crippen LogP contribution in [0.5, 0.6) is 0 Å². The number of hydrazone groups is 1. The summed E-state index contributed by atoms with van der Waals surface area (Å²) in [7, 11) is 0. The Labute approximate surface area is 123 Å². The monoisotopic (exact) mass is 290 g/mol. The van der Waals surface area contributed by atoms with E-state index in [4.69, 9.17) is 9.47 Å². The molecule has 21 heavy (non-hydrogen) atoms. The second-order valence-electron chi connectivity index (χ2n) is 4.46. The summed E-state index contributed by atoms with van der Waals surface area (Å²) < 4.78 is 10.0. The first kappa shape index (κ1) is 15.0. The van der Waals surface area contributed by atoms with E-state index >= 15 is 0 Å². The van der Waals surface area contributed by atoms with Gasteiger partial charge in [0.15, 0.2) is 11.8 Å². The van der Waals surface area contributed by atoms with Crippen molar-refractivity contribution >= 4 is 17.7 Å². The highest BCUT2D eigenvalue weighted by atomic mass is 16.5. The lowest BCUT2D eigenvalue weighted by atomic mass is 9.88. The van der Waals surface area contributed by atoms with Crippen LogP contribution in [0.4, 0.5) is 0 Å². The smallest absolute Gasteiger partial charge is 0.355 e. The highest BCUT2D eigenvalue weighted by Gasteiger charge is 2.42. The maximum Gasteiger partial charge on any atom is 0.355 e. The molecule has 6 heteroatoms. The quantitative estimate of drug-likeness (QED) is 0.825. The molecular formula is C15H18N2O4. The zero-order chi connectivity index (χ0) is 15.2. The Bertz CT molecular complexity index is 542. The normalized spacial score (nSPS) is 20.4. The van der Waals surface area contributed by atoms with Crippen LogP contribution in [0.15, 0.2) is 35.4 Å². The van der Waals surface area contributed by atoms with Crippen molar-refractivity contribution in [3.05, 3.63) is 35.9 Å². The number of nitrogens with zero attached hydrogens (tertiary/aromatic N) is 1. The molecule has 0 fully saturated rings. The fourth-order valence-electron chi connectivity index (χ4n) is 2.25. The summed E-state index contributed by atoms with van der Waals surface area (Å²) >= 11 is 0. The number of nitrogens with one attached hydrogen (secondary N) is 1. The molecule has 0 bridgehead atoms. The third-order valence-electron chi connectivity index (χ3n) is 3.14. The van der Waals surface area contributed by atoms with Gasteiger partial charge in [-0.2, -0.15) is 5.10 Å². The molecule has 6 nitrogen and oxygen atoms in total. The van der Waals surface area contributed by atoms with E-state index in [2.05, 4.69) is 10.5 Å². The van der Waals surface area contributed by atoms with Crippen molar-refractivity contribution in [1.82, 2.24) is 5.43 Å². The predicted molar refractivity (Wildman–Crippen MR) is 76.8 cm³/mol. The van der Waals surface area contributed by atoms with E-state index in [1.165, 1.54) is 0 Å². The summed E-state index contributed by atoms with van der Waals surface area (Å²) in [6.45, 7) is 3.98. The second-order valence-corrected chi connectivity index (χ2v) is 4.46. The van der Waals surface area contributed by atoms with Gasteiger partial charge >= 0.3 is 11.9 Å². The van der Waals surface area contributed by atoms with E-state index < -0.39 is 23.9 Å². The van der Waals surface area contributed by atoms with Gasteiger partial charge in [-0.15, -0.1) is 0 Å². The molecule has 0 aromatic heterocycles. The SMILES string of the molecule is CCOC(=O)C1=NN[C@@H](C(=O)OCC)[C@@H]1c1ccccc1. The van der Waals surface area contributed by atoms with Crippen molar-refractivity contribution in [2.45, 2.75) is 25.8 Å². The van der Waals surface area contributed by atoms with Gasteiger partial charge in [-0.05, 0) is 19.4 Å². The average Bonchev–Trinajstić information content (AvgIpc) is 2.93. The number of ether oxygens (including phenoxy) is 2. The zero-order valence-electron chi connectivity index (χ0n) is 12.0. The Morgan fingerprint density at radius 3 is 2.43 bits per heavy atom. The first-order valence-electron chi connectivity index (χ1n) is 6.90. The number of rotatable bonds is 5. The molecule has 1 N–H and O–H groups in total. The van der Waals surface area contributed by atoms with Crippen molar-refractivity contribution in [3.8, 4) is 0 Å². The highest BCUT2D eigenvalue weighted by Crippen LogP contribution is 2.27.